The van der Waals surface area contributed by atoms with Gasteiger partial charge in [-0.25, -0.2) is 4.98 Å². The minimum atomic E-state index is -4.40. The molecule has 27 heavy (non-hydrogen) atoms. The van der Waals surface area contributed by atoms with Crippen molar-refractivity contribution in [2.75, 3.05) is 6.61 Å². The first-order valence-electron chi connectivity index (χ1n) is 8.72. The molecule has 2 aromatic heterocycles. The molecule has 0 spiro atoms. The van der Waals surface area contributed by atoms with Gasteiger partial charge in [0.15, 0.2) is 5.82 Å². The molecule has 0 amide bonds. The van der Waals surface area contributed by atoms with Crippen molar-refractivity contribution in [3.8, 4) is 11.5 Å². The lowest BCUT2D eigenvalue weighted by Gasteiger charge is -2.10. The number of alkyl halides is 3. The van der Waals surface area contributed by atoms with Crippen molar-refractivity contribution >= 4 is 23.1 Å². The van der Waals surface area contributed by atoms with Crippen LogP contribution in [0, 0.1) is 0 Å². The van der Waals surface area contributed by atoms with Gasteiger partial charge in [-0.15, -0.1) is 0 Å². The van der Waals surface area contributed by atoms with Crippen LogP contribution >= 0.6 is 12.0 Å². The summed E-state index contributed by atoms with van der Waals surface area (Å²) in [6, 6.07) is 5.66. The van der Waals surface area contributed by atoms with E-state index in [-0.39, 0.29) is 0 Å². The molecule has 0 unspecified atom stereocenters. The largest absolute Gasteiger partial charge is 0.416 e. The summed E-state index contributed by atoms with van der Waals surface area (Å²) in [6.07, 6.45) is -0.242. The van der Waals surface area contributed by atoms with Crippen LogP contribution in [-0.4, -0.2) is 21.1 Å². The molecule has 0 aliphatic heterocycles. The molecular formula is C19H18F3N3OS. The van der Waals surface area contributed by atoms with Crippen LogP contribution in [0.15, 0.2) is 35.4 Å². The van der Waals surface area contributed by atoms with Crippen LogP contribution in [-0.2, 0) is 17.4 Å². The summed E-state index contributed by atoms with van der Waals surface area (Å²) >= 11 is 1.23. The van der Waals surface area contributed by atoms with E-state index >= 15 is 0 Å². The van der Waals surface area contributed by atoms with Crippen LogP contribution in [0.25, 0.3) is 22.6 Å². The van der Waals surface area contributed by atoms with Gasteiger partial charge in [0.1, 0.15) is 5.69 Å². The van der Waals surface area contributed by atoms with Gasteiger partial charge in [-0.1, -0.05) is 0 Å². The van der Waals surface area contributed by atoms with E-state index in [2.05, 4.69) is 16.0 Å². The van der Waals surface area contributed by atoms with Gasteiger partial charge < -0.3 is 8.75 Å². The topological polar surface area (TPSA) is 39.9 Å². The van der Waals surface area contributed by atoms with E-state index in [1.807, 2.05) is 13.1 Å². The van der Waals surface area contributed by atoms with Crippen molar-refractivity contribution in [1.82, 2.24) is 14.5 Å². The molecule has 0 bridgehead atoms. The average molecular weight is 393 g/mol. The van der Waals surface area contributed by atoms with E-state index < -0.39 is 11.7 Å². The highest BCUT2D eigenvalue weighted by atomic mass is 32.2. The van der Waals surface area contributed by atoms with Gasteiger partial charge >= 0.3 is 6.18 Å². The highest BCUT2D eigenvalue weighted by Crippen LogP contribution is 2.42. The Kier molecular flexibility index (Phi) is 4.63. The van der Waals surface area contributed by atoms with Crippen molar-refractivity contribution in [3.63, 3.8) is 0 Å². The van der Waals surface area contributed by atoms with E-state index in [1.165, 1.54) is 23.7 Å². The fourth-order valence-corrected chi connectivity index (χ4v) is 3.69. The van der Waals surface area contributed by atoms with E-state index in [0.29, 0.717) is 35.1 Å². The monoisotopic (exact) mass is 393 g/mol. The molecule has 2 heterocycles. The molecule has 0 saturated heterocycles. The third-order valence-corrected chi connectivity index (χ3v) is 5.45. The number of halogens is 3. The number of aryl methyl sites for hydroxylation is 1. The summed E-state index contributed by atoms with van der Waals surface area (Å²) in [5, 5.41) is 0. The number of rotatable bonds is 5. The smallest absolute Gasteiger partial charge is 0.326 e. The molecule has 8 heteroatoms. The maximum Gasteiger partial charge on any atom is 0.416 e. The minimum absolute atomic E-state index is 0.294. The molecule has 4 nitrogen and oxygen atoms in total. The second kappa shape index (κ2) is 6.83. The molecule has 1 aliphatic carbocycles. The number of hydrogen-bond donors (Lipinski definition) is 0. The van der Waals surface area contributed by atoms with Crippen LogP contribution in [0.1, 0.15) is 36.8 Å². The molecule has 1 aliphatic rings. The lowest BCUT2D eigenvalue weighted by atomic mass is 10.2. The van der Waals surface area contributed by atoms with Gasteiger partial charge in [-0.05, 0) is 55.5 Å². The maximum absolute atomic E-state index is 13.0. The number of pyridine rings is 1. The van der Waals surface area contributed by atoms with E-state index in [9.17, 15) is 13.2 Å². The Balaban J connectivity index is 1.82. The zero-order valence-electron chi connectivity index (χ0n) is 14.9. The first-order valence-corrected chi connectivity index (χ1v) is 9.46. The third-order valence-electron chi connectivity index (χ3n) is 4.61. The van der Waals surface area contributed by atoms with E-state index in [4.69, 9.17) is 4.18 Å². The quantitative estimate of drug-likeness (QED) is 0.531. The number of fused-ring (bicyclic) bond motifs is 1. The van der Waals surface area contributed by atoms with Crippen molar-refractivity contribution in [2.24, 2.45) is 7.05 Å². The van der Waals surface area contributed by atoms with Crippen LogP contribution in [0.2, 0.25) is 0 Å². The van der Waals surface area contributed by atoms with Crippen molar-refractivity contribution < 1.29 is 17.4 Å². The van der Waals surface area contributed by atoms with Gasteiger partial charge in [0.2, 0.25) is 0 Å². The Bertz CT molecular complexity index is 996. The summed E-state index contributed by atoms with van der Waals surface area (Å²) in [5.74, 6) is 1.07. The number of hydrogen-bond acceptors (Lipinski definition) is 4. The van der Waals surface area contributed by atoms with E-state index in [0.717, 1.165) is 29.9 Å². The first kappa shape index (κ1) is 18.3. The predicted molar refractivity (Wildman–Crippen MR) is 98.4 cm³/mol. The maximum atomic E-state index is 13.0. The second-order valence-corrected chi connectivity index (χ2v) is 7.42. The third kappa shape index (κ3) is 3.55. The molecule has 142 valence electrons. The summed E-state index contributed by atoms with van der Waals surface area (Å²) < 4.78 is 46.3. The highest BCUT2D eigenvalue weighted by Gasteiger charge is 2.31. The van der Waals surface area contributed by atoms with Gasteiger partial charge in [0, 0.05) is 25.3 Å². The van der Waals surface area contributed by atoms with Crippen LogP contribution < -0.4 is 0 Å². The van der Waals surface area contributed by atoms with Gasteiger partial charge in [0.25, 0.3) is 0 Å². The summed E-state index contributed by atoms with van der Waals surface area (Å²) in [7, 11) is 1.78. The lowest BCUT2D eigenvalue weighted by molar-refractivity contribution is -0.137. The molecule has 0 atom stereocenters. The average Bonchev–Trinajstić information content (AvgIpc) is 3.43. The Morgan fingerprint density at radius 2 is 2.04 bits per heavy atom. The predicted octanol–water partition coefficient (Wildman–Crippen LogP) is 5.58. The zero-order chi connectivity index (χ0) is 19.2. The number of nitrogens with zero attached hydrogens (tertiary/aromatic N) is 3. The molecule has 3 aromatic rings. The zero-order valence-corrected chi connectivity index (χ0v) is 15.7. The number of imidazole rings is 1. The molecule has 4 rings (SSSR count). The molecular weight excluding hydrogens is 375 g/mol. The Labute approximate surface area is 159 Å². The van der Waals surface area contributed by atoms with Gasteiger partial charge in [-0.2, -0.15) is 13.2 Å². The highest BCUT2D eigenvalue weighted by molar-refractivity contribution is 7.94. The molecule has 0 radical (unpaired) electrons. The second-order valence-electron chi connectivity index (χ2n) is 6.58. The lowest BCUT2D eigenvalue weighted by Crippen LogP contribution is -2.04. The fraction of sp³-hybridized carbons (Fsp3) is 0.368. The Morgan fingerprint density at radius 1 is 1.26 bits per heavy atom. The standard InChI is InChI=1S/C19H18F3N3OS/c1-3-26-27-16-8-12(11-4-5-11)10-23-17(16)18-24-14-9-13(19(20,21)22)6-7-15(14)25(18)2/h6-11H,3-5H2,1-2H3. The minimum Gasteiger partial charge on any atom is -0.326 e. The van der Waals surface area contributed by atoms with Crippen molar-refractivity contribution in [2.45, 2.75) is 36.8 Å². The normalized spacial score (nSPS) is 14.9. The SMILES string of the molecule is CCOSc1cc(C2CC2)cnc1-c1nc2cc(C(F)(F)F)ccc2n1C. The molecule has 1 fully saturated rings. The van der Waals surface area contributed by atoms with Crippen LogP contribution in [0.5, 0.6) is 0 Å². The van der Waals surface area contributed by atoms with Crippen molar-refractivity contribution in [1.29, 1.82) is 0 Å². The van der Waals surface area contributed by atoms with Gasteiger partial charge in [-0.3, -0.25) is 4.98 Å². The van der Waals surface area contributed by atoms with E-state index in [1.54, 1.807) is 11.6 Å². The molecule has 0 N–H and O–H groups in total. The molecule has 1 aromatic carbocycles. The summed E-state index contributed by atoms with van der Waals surface area (Å²) in [4.78, 5) is 9.86. The number of benzene rings is 1. The van der Waals surface area contributed by atoms with Crippen LogP contribution in [0.4, 0.5) is 13.2 Å². The Hall–Kier alpha value is -2.06. The van der Waals surface area contributed by atoms with Gasteiger partial charge in [0.05, 0.1) is 28.1 Å². The number of aromatic nitrogens is 3. The Morgan fingerprint density at radius 3 is 2.70 bits per heavy atom. The first-order chi connectivity index (χ1) is 12.9. The molecule has 1 saturated carbocycles. The van der Waals surface area contributed by atoms with Crippen LogP contribution in [0.3, 0.4) is 0 Å². The summed E-state index contributed by atoms with van der Waals surface area (Å²) in [5.41, 5.74) is 1.99. The summed E-state index contributed by atoms with van der Waals surface area (Å²) in [6.45, 7) is 2.44. The van der Waals surface area contributed by atoms with Crippen molar-refractivity contribution in [3.05, 3.63) is 41.6 Å². The fourth-order valence-electron chi connectivity index (χ4n) is 3.04.